The summed E-state index contributed by atoms with van der Waals surface area (Å²) in [6.45, 7) is 9.57. The average molecular weight is 842 g/mol. The lowest BCUT2D eigenvalue weighted by Crippen LogP contribution is -2.38. The minimum Gasteiger partial charge on any atom is -0.378 e. The number of aromatic nitrogens is 5. The summed E-state index contributed by atoms with van der Waals surface area (Å²) in [5.41, 5.74) is 7.65. The molecule has 58 heavy (non-hydrogen) atoms. The fraction of sp³-hybridized carbons (Fsp3) is 0.233. The van der Waals surface area contributed by atoms with Crippen LogP contribution < -0.4 is 15.1 Å². The summed E-state index contributed by atoms with van der Waals surface area (Å²) in [7, 11) is 0. The highest BCUT2D eigenvalue weighted by Gasteiger charge is 2.23. The molecule has 2 aliphatic heterocycles. The minimum atomic E-state index is -0.515. The zero-order valence-corrected chi connectivity index (χ0v) is 33.8. The summed E-state index contributed by atoms with van der Waals surface area (Å²) >= 11 is 18.8. The van der Waals surface area contributed by atoms with E-state index in [2.05, 4.69) is 36.1 Å². The van der Waals surface area contributed by atoms with Crippen molar-refractivity contribution >= 4 is 79.5 Å². The van der Waals surface area contributed by atoms with E-state index in [0.717, 1.165) is 65.6 Å². The van der Waals surface area contributed by atoms with Gasteiger partial charge in [0.15, 0.2) is 5.82 Å². The molecule has 2 aromatic carbocycles. The van der Waals surface area contributed by atoms with Crippen molar-refractivity contribution in [3.05, 3.63) is 123 Å². The van der Waals surface area contributed by atoms with Gasteiger partial charge in [0.05, 0.1) is 88.5 Å². The van der Waals surface area contributed by atoms with Gasteiger partial charge in [0.2, 0.25) is 0 Å². The van der Waals surface area contributed by atoms with Crippen molar-refractivity contribution in [3.8, 4) is 22.8 Å². The van der Waals surface area contributed by atoms with Gasteiger partial charge < -0.3 is 24.6 Å². The van der Waals surface area contributed by atoms with E-state index in [1.165, 1.54) is 12.1 Å². The highest BCUT2D eigenvalue weighted by Crippen LogP contribution is 2.41. The zero-order valence-electron chi connectivity index (χ0n) is 31.6. The van der Waals surface area contributed by atoms with E-state index in [1.54, 1.807) is 24.5 Å². The molecule has 0 amide bonds. The predicted octanol–water partition coefficient (Wildman–Crippen LogP) is 10.3. The van der Waals surface area contributed by atoms with Gasteiger partial charge in [-0.2, -0.15) is 0 Å². The number of hydrogen-bond donors (Lipinski definition) is 1. The van der Waals surface area contributed by atoms with E-state index in [1.807, 2.05) is 56.4 Å². The molecule has 15 heteroatoms. The largest absolute Gasteiger partial charge is 0.378 e. The van der Waals surface area contributed by atoms with Crippen LogP contribution in [0.2, 0.25) is 15.1 Å². The smallest absolute Gasteiger partial charge is 0.152 e. The molecule has 0 spiro atoms. The lowest BCUT2D eigenvalue weighted by atomic mass is 10.0. The maximum Gasteiger partial charge on any atom is 0.152 e. The van der Waals surface area contributed by atoms with Crippen LogP contribution in [-0.2, 0) is 9.47 Å². The third kappa shape index (κ3) is 7.95. The van der Waals surface area contributed by atoms with Crippen molar-refractivity contribution in [2.75, 3.05) is 67.7 Å². The Hall–Kier alpha value is -5.24. The Kier molecular flexibility index (Phi) is 11.8. The molecule has 296 valence electrons. The van der Waals surface area contributed by atoms with Crippen molar-refractivity contribution in [3.63, 3.8) is 0 Å². The Morgan fingerprint density at radius 2 is 1.16 bits per heavy atom. The summed E-state index contributed by atoms with van der Waals surface area (Å²) in [4.78, 5) is 27.4. The van der Waals surface area contributed by atoms with Gasteiger partial charge in [0.1, 0.15) is 21.7 Å². The molecule has 0 bridgehead atoms. The first-order valence-electron chi connectivity index (χ1n) is 18.7. The fourth-order valence-corrected chi connectivity index (χ4v) is 7.71. The predicted molar refractivity (Wildman–Crippen MR) is 228 cm³/mol. The van der Waals surface area contributed by atoms with Crippen molar-refractivity contribution in [2.24, 2.45) is 0 Å². The van der Waals surface area contributed by atoms with Crippen LogP contribution in [0.1, 0.15) is 11.1 Å². The first-order chi connectivity index (χ1) is 28.2. The van der Waals surface area contributed by atoms with Gasteiger partial charge in [-0.25, -0.2) is 23.7 Å². The second kappa shape index (κ2) is 17.3. The Bertz CT molecular complexity index is 2610. The molecule has 0 saturated carbocycles. The maximum absolute atomic E-state index is 14.6. The topological polar surface area (TPSA) is 101 Å². The molecule has 0 atom stereocenters. The molecule has 7 heterocycles. The number of benzene rings is 2. The Morgan fingerprint density at radius 1 is 0.621 bits per heavy atom. The molecule has 0 radical (unpaired) electrons. The van der Waals surface area contributed by atoms with Crippen LogP contribution in [0.5, 0.6) is 0 Å². The van der Waals surface area contributed by atoms with Crippen molar-refractivity contribution < 1.29 is 18.3 Å². The standard InChI is InChI=1S/C28H28ClFN6O2.C15H9Cl2FN2/c1-18-25(20-5-6-21(30)24(29)27(20)34-26(18)22-4-2-3-7-31-22)33-23-16-19(35-8-12-37-13-9-35)17-32-28(23)36-10-14-38-15-11-36;1-8-12(16)9-5-6-10(18)13(17)15(9)20-14(8)11-4-2-3-7-19-11/h2-7,16-17H,8-15H2,1H3,(H,33,34);2-7H,1H3. The van der Waals surface area contributed by atoms with E-state index >= 15 is 0 Å². The maximum atomic E-state index is 14.6. The number of hydrogen-bond acceptors (Lipinski definition) is 10. The van der Waals surface area contributed by atoms with Crippen LogP contribution in [0.4, 0.5) is 31.7 Å². The van der Waals surface area contributed by atoms with E-state index < -0.39 is 11.6 Å². The average Bonchev–Trinajstić information content (AvgIpc) is 3.27. The number of rotatable bonds is 6. The molecule has 2 aliphatic rings. The van der Waals surface area contributed by atoms with Crippen molar-refractivity contribution in [2.45, 2.75) is 13.8 Å². The summed E-state index contributed by atoms with van der Waals surface area (Å²) < 4.78 is 39.3. The molecule has 5 aromatic heterocycles. The normalized spacial score (nSPS) is 14.4. The summed E-state index contributed by atoms with van der Waals surface area (Å²) in [6.07, 6.45) is 5.30. The highest BCUT2D eigenvalue weighted by molar-refractivity contribution is 6.40. The van der Waals surface area contributed by atoms with Crippen LogP contribution in [-0.4, -0.2) is 77.5 Å². The Labute approximate surface area is 348 Å². The van der Waals surface area contributed by atoms with E-state index in [-0.39, 0.29) is 10.0 Å². The van der Waals surface area contributed by atoms with Crippen LogP contribution in [0.3, 0.4) is 0 Å². The number of anilines is 4. The van der Waals surface area contributed by atoms with Gasteiger partial charge in [-0.05, 0) is 74.0 Å². The minimum absolute atomic E-state index is 0.0173. The van der Waals surface area contributed by atoms with Gasteiger partial charge in [0.25, 0.3) is 0 Å². The van der Waals surface area contributed by atoms with Gasteiger partial charge in [-0.15, -0.1) is 0 Å². The number of ether oxygens (including phenoxy) is 2. The number of fused-ring (bicyclic) bond motifs is 2. The number of halogens is 5. The number of pyridine rings is 5. The van der Waals surface area contributed by atoms with Gasteiger partial charge in [-0.3, -0.25) is 9.97 Å². The fourth-order valence-electron chi connectivity index (χ4n) is 7.06. The third-order valence-electron chi connectivity index (χ3n) is 10.1. The second-order valence-electron chi connectivity index (χ2n) is 13.7. The van der Waals surface area contributed by atoms with Crippen LogP contribution in [0, 0.1) is 25.5 Å². The highest BCUT2D eigenvalue weighted by atomic mass is 35.5. The molecule has 9 rings (SSSR count). The molecular formula is C43H37Cl3F2N8O2. The second-order valence-corrected chi connectivity index (χ2v) is 14.8. The Balaban J connectivity index is 0.000000197. The molecular weight excluding hydrogens is 805 g/mol. The van der Waals surface area contributed by atoms with Crippen molar-refractivity contribution in [1.29, 1.82) is 0 Å². The molecule has 1 N–H and O–H groups in total. The molecule has 2 fully saturated rings. The van der Waals surface area contributed by atoms with E-state index in [0.29, 0.717) is 70.6 Å². The van der Waals surface area contributed by atoms with E-state index in [9.17, 15) is 8.78 Å². The Morgan fingerprint density at radius 3 is 1.72 bits per heavy atom. The molecule has 10 nitrogen and oxygen atoms in total. The molecule has 7 aromatic rings. The van der Waals surface area contributed by atoms with Gasteiger partial charge in [0, 0.05) is 54.9 Å². The number of nitrogens with one attached hydrogen (secondary N) is 1. The summed E-state index contributed by atoms with van der Waals surface area (Å²) in [6, 6.07) is 19.2. The summed E-state index contributed by atoms with van der Waals surface area (Å²) in [5, 5.41) is 5.49. The van der Waals surface area contributed by atoms with Gasteiger partial charge >= 0.3 is 0 Å². The van der Waals surface area contributed by atoms with Crippen LogP contribution in [0.25, 0.3) is 44.6 Å². The lowest BCUT2D eigenvalue weighted by Gasteiger charge is -2.32. The molecule has 0 unspecified atom stereocenters. The van der Waals surface area contributed by atoms with Gasteiger partial charge in [-0.1, -0.05) is 46.9 Å². The third-order valence-corrected chi connectivity index (χ3v) is 11.3. The molecule has 0 aliphatic carbocycles. The monoisotopic (exact) mass is 840 g/mol. The number of nitrogens with zero attached hydrogens (tertiary/aromatic N) is 7. The quantitative estimate of drug-likeness (QED) is 0.174. The van der Waals surface area contributed by atoms with Crippen LogP contribution in [0.15, 0.2) is 85.3 Å². The first kappa shape index (κ1) is 39.6. The molecule has 2 saturated heterocycles. The van der Waals surface area contributed by atoms with Crippen LogP contribution >= 0.6 is 34.8 Å². The SMILES string of the molecule is Cc1c(-c2ccccn2)nc2c(Cl)c(F)ccc2c1Cl.Cc1c(-c2ccccn2)nc2c(Cl)c(F)ccc2c1Nc1cc(N2CCOCC2)cnc1N1CCOCC1. The summed E-state index contributed by atoms with van der Waals surface area (Å²) in [5.74, 6) is -0.195. The number of morpholine rings is 2. The van der Waals surface area contributed by atoms with E-state index in [4.69, 9.17) is 54.2 Å². The zero-order chi connectivity index (χ0) is 40.3. The van der Waals surface area contributed by atoms with Crippen molar-refractivity contribution in [1.82, 2.24) is 24.9 Å². The lowest BCUT2D eigenvalue weighted by molar-refractivity contribution is 0.122. The first-order valence-corrected chi connectivity index (χ1v) is 19.8.